The van der Waals surface area contributed by atoms with E-state index in [9.17, 15) is 0 Å². The summed E-state index contributed by atoms with van der Waals surface area (Å²) in [7, 11) is 0. The second-order valence-electron chi connectivity index (χ2n) is 3.82. The van der Waals surface area contributed by atoms with Gasteiger partial charge in [0.05, 0.1) is 43.3 Å². The fourth-order valence-electron chi connectivity index (χ4n) is 1.67. The molecule has 2 aromatic rings. The third-order valence-corrected chi connectivity index (χ3v) is 4.85. The molecule has 1 heterocycles. The molecule has 0 saturated carbocycles. The molecule has 0 N–H and O–H groups in total. The predicted octanol–water partition coefficient (Wildman–Crippen LogP) is 6.08. The molecule has 0 spiro atoms. The maximum atomic E-state index is 8.71. The highest BCUT2D eigenvalue weighted by atomic mass is 35.5. The molecule has 0 radical (unpaired) electrons. The van der Waals surface area contributed by atoms with E-state index < -0.39 is 0 Å². The van der Waals surface area contributed by atoms with Crippen LogP contribution in [0.5, 0.6) is 0 Å². The Morgan fingerprint density at radius 1 is 0.950 bits per heavy atom. The highest BCUT2D eigenvalue weighted by Gasteiger charge is 2.20. The van der Waals surface area contributed by atoms with Crippen molar-refractivity contribution < 1.29 is 0 Å². The fourth-order valence-corrected chi connectivity index (χ4v) is 3.03. The summed E-state index contributed by atoms with van der Waals surface area (Å²) in [6.45, 7) is 0. The molecule has 0 saturated heterocycles. The molecule has 20 heavy (non-hydrogen) atoms. The second kappa shape index (κ2) is 6.39. The van der Waals surface area contributed by atoms with Crippen LogP contribution in [0.3, 0.4) is 0 Å². The van der Waals surface area contributed by atoms with Gasteiger partial charge in [-0.25, -0.2) is 0 Å². The molecule has 0 aliphatic carbocycles. The summed E-state index contributed by atoms with van der Waals surface area (Å²) in [5.74, 6) is 0. The van der Waals surface area contributed by atoms with Crippen LogP contribution in [0.1, 0.15) is 5.69 Å². The van der Waals surface area contributed by atoms with E-state index in [0.717, 1.165) is 0 Å². The van der Waals surface area contributed by atoms with Gasteiger partial charge in [0.1, 0.15) is 0 Å². The Balaban J connectivity index is 2.70. The molecule has 1 aromatic heterocycles. The zero-order valence-electron chi connectivity index (χ0n) is 9.72. The minimum absolute atomic E-state index is 0.110. The van der Waals surface area contributed by atoms with Gasteiger partial charge in [0.15, 0.2) is 0 Å². The molecule has 0 unspecified atom stereocenters. The third-order valence-electron chi connectivity index (χ3n) is 2.58. The van der Waals surface area contributed by atoms with E-state index in [-0.39, 0.29) is 31.5 Å². The number of pyridine rings is 1. The number of rotatable bonds is 2. The summed E-state index contributed by atoms with van der Waals surface area (Å²) in [5, 5.41) is 9.51. The van der Waals surface area contributed by atoms with Crippen molar-refractivity contribution in [3.05, 3.63) is 49.1 Å². The van der Waals surface area contributed by atoms with Crippen LogP contribution in [0, 0.1) is 11.3 Å². The van der Waals surface area contributed by atoms with Crippen LogP contribution in [-0.2, 0) is 6.42 Å². The summed E-state index contributed by atoms with van der Waals surface area (Å²) in [6.07, 6.45) is 1.74. The Morgan fingerprint density at radius 3 is 2.05 bits per heavy atom. The molecule has 0 aliphatic rings. The first-order valence-electron chi connectivity index (χ1n) is 5.31. The van der Waals surface area contributed by atoms with Crippen LogP contribution in [0.4, 0.5) is 0 Å². The first-order valence-corrected chi connectivity index (χ1v) is 7.20. The quantitative estimate of drug-likeness (QED) is 0.477. The lowest BCUT2D eigenvalue weighted by Crippen LogP contribution is -1.91. The van der Waals surface area contributed by atoms with Crippen LogP contribution in [0.15, 0.2) is 18.3 Å². The number of nitrogens with zero attached hydrogens (tertiary/aromatic N) is 2. The Kier molecular flexibility index (Phi) is 5.01. The van der Waals surface area contributed by atoms with Crippen LogP contribution in [-0.4, -0.2) is 4.98 Å². The van der Waals surface area contributed by atoms with Gasteiger partial charge >= 0.3 is 0 Å². The van der Waals surface area contributed by atoms with Gasteiger partial charge in [-0.2, -0.15) is 5.26 Å². The highest BCUT2D eigenvalue weighted by molar-refractivity contribution is 6.56. The van der Waals surface area contributed by atoms with Gasteiger partial charge in [0.25, 0.3) is 0 Å². The average molecular weight is 366 g/mol. The number of hydrogen-bond donors (Lipinski definition) is 0. The van der Waals surface area contributed by atoms with Gasteiger partial charge in [-0.1, -0.05) is 58.0 Å². The summed E-state index contributed by atoms with van der Waals surface area (Å²) in [5.41, 5.74) is 1.73. The van der Waals surface area contributed by atoms with E-state index in [2.05, 4.69) is 4.98 Å². The molecule has 2 rings (SSSR count). The number of aromatic nitrogens is 1. The Bertz CT molecular complexity index is 692. The number of hydrogen-bond acceptors (Lipinski definition) is 2. The zero-order chi connectivity index (χ0) is 14.9. The fraction of sp³-hybridized carbons (Fsp3) is 0.0769. The minimum Gasteiger partial charge on any atom is -0.260 e. The summed E-state index contributed by atoms with van der Waals surface area (Å²) >= 11 is 30.4. The van der Waals surface area contributed by atoms with Crippen molar-refractivity contribution in [2.45, 2.75) is 6.42 Å². The van der Waals surface area contributed by atoms with Gasteiger partial charge in [-0.15, -0.1) is 0 Å². The second-order valence-corrected chi connectivity index (χ2v) is 5.71. The van der Waals surface area contributed by atoms with Crippen molar-refractivity contribution in [1.82, 2.24) is 4.98 Å². The first-order chi connectivity index (χ1) is 9.47. The van der Waals surface area contributed by atoms with Crippen molar-refractivity contribution in [1.29, 1.82) is 5.26 Å². The lowest BCUT2D eigenvalue weighted by molar-refractivity contribution is 1.12. The molecule has 2 nitrogen and oxygen atoms in total. The Labute approximate surface area is 140 Å². The smallest absolute Gasteiger partial charge is 0.0809 e. The van der Waals surface area contributed by atoms with E-state index in [0.29, 0.717) is 16.8 Å². The van der Waals surface area contributed by atoms with Crippen molar-refractivity contribution in [2.24, 2.45) is 0 Å². The maximum Gasteiger partial charge on any atom is 0.0809 e. The van der Waals surface area contributed by atoms with E-state index in [4.69, 9.17) is 63.3 Å². The Hall–Kier alpha value is -0.690. The monoisotopic (exact) mass is 364 g/mol. The van der Waals surface area contributed by atoms with Crippen molar-refractivity contribution in [3.8, 4) is 17.2 Å². The molecule has 0 aliphatic heterocycles. The van der Waals surface area contributed by atoms with Crippen LogP contribution in [0.25, 0.3) is 11.1 Å². The standard InChI is InChI=1S/C13H5Cl5N2/c14-9-8(10(15)12(17)13(18)11(9)16)6-2-4-20-7(5-6)1-3-19/h2,4-5H,1H2. The van der Waals surface area contributed by atoms with Gasteiger partial charge in [0, 0.05) is 11.8 Å². The van der Waals surface area contributed by atoms with E-state index >= 15 is 0 Å². The summed E-state index contributed by atoms with van der Waals surface area (Å²) in [4.78, 5) is 4.08. The van der Waals surface area contributed by atoms with Gasteiger partial charge in [-0.3, -0.25) is 4.98 Å². The van der Waals surface area contributed by atoms with Gasteiger partial charge in [-0.05, 0) is 17.7 Å². The zero-order valence-corrected chi connectivity index (χ0v) is 13.5. The largest absolute Gasteiger partial charge is 0.260 e. The molecule has 102 valence electrons. The van der Waals surface area contributed by atoms with Gasteiger partial charge in [0.2, 0.25) is 0 Å². The molecule has 7 heteroatoms. The van der Waals surface area contributed by atoms with Gasteiger partial charge < -0.3 is 0 Å². The predicted molar refractivity (Wildman–Crippen MR) is 84.0 cm³/mol. The number of halogens is 5. The molecule has 0 bridgehead atoms. The van der Waals surface area contributed by atoms with Crippen molar-refractivity contribution in [2.75, 3.05) is 0 Å². The molecule has 0 fully saturated rings. The average Bonchev–Trinajstić information content (AvgIpc) is 2.44. The third kappa shape index (κ3) is 2.83. The molecule has 0 atom stereocenters. The van der Waals surface area contributed by atoms with Crippen LogP contribution < -0.4 is 0 Å². The molecule has 0 amide bonds. The van der Waals surface area contributed by atoms with Crippen LogP contribution in [0.2, 0.25) is 25.1 Å². The normalized spacial score (nSPS) is 10.4. The Morgan fingerprint density at radius 2 is 1.50 bits per heavy atom. The summed E-state index contributed by atoms with van der Waals surface area (Å²) in [6, 6.07) is 5.43. The SMILES string of the molecule is N#CCc1cc(-c2c(Cl)c(Cl)c(Cl)c(Cl)c2Cl)ccn1. The topological polar surface area (TPSA) is 36.7 Å². The maximum absolute atomic E-state index is 8.71. The van der Waals surface area contributed by atoms with E-state index in [1.807, 2.05) is 6.07 Å². The minimum atomic E-state index is 0.110. The van der Waals surface area contributed by atoms with Crippen LogP contribution >= 0.6 is 58.0 Å². The van der Waals surface area contributed by atoms with E-state index in [1.165, 1.54) is 0 Å². The lowest BCUT2D eigenvalue weighted by Gasteiger charge is -2.13. The lowest BCUT2D eigenvalue weighted by atomic mass is 10.1. The van der Waals surface area contributed by atoms with Crippen molar-refractivity contribution in [3.63, 3.8) is 0 Å². The van der Waals surface area contributed by atoms with Crippen molar-refractivity contribution >= 4 is 58.0 Å². The first kappa shape index (κ1) is 15.7. The summed E-state index contributed by atoms with van der Waals surface area (Å²) < 4.78 is 0. The number of benzene rings is 1. The molecular formula is C13H5Cl5N2. The number of nitriles is 1. The van der Waals surface area contributed by atoms with E-state index in [1.54, 1.807) is 18.3 Å². The highest BCUT2D eigenvalue weighted by Crippen LogP contribution is 2.48. The molecular weight excluding hydrogens is 361 g/mol. The molecule has 1 aromatic carbocycles.